The summed E-state index contributed by atoms with van der Waals surface area (Å²) in [4.78, 5) is 12.0. The molecule has 5 heteroatoms. The Kier molecular flexibility index (Phi) is 5.36. The van der Waals surface area contributed by atoms with Crippen molar-refractivity contribution < 1.29 is 14.6 Å². The lowest BCUT2D eigenvalue weighted by Gasteiger charge is -2.06. The van der Waals surface area contributed by atoms with Crippen molar-refractivity contribution in [3.8, 4) is 11.5 Å². The second-order valence-corrected chi connectivity index (χ2v) is 5.41. The molecule has 0 heterocycles. The van der Waals surface area contributed by atoms with Gasteiger partial charge in [0.2, 0.25) is 0 Å². The molecule has 1 amide bonds. The molecule has 2 aromatic rings. The van der Waals surface area contributed by atoms with Gasteiger partial charge in [-0.3, -0.25) is 4.79 Å². The van der Waals surface area contributed by atoms with E-state index in [1.165, 1.54) is 30.9 Å². The molecular weight excluding hydrogens is 292 g/mol. The lowest BCUT2D eigenvalue weighted by Crippen LogP contribution is -2.17. The summed E-state index contributed by atoms with van der Waals surface area (Å²) in [5.74, 6) is 0.326. The van der Waals surface area contributed by atoms with E-state index in [0.29, 0.717) is 11.5 Å². The maximum Gasteiger partial charge on any atom is 0.271 e. The van der Waals surface area contributed by atoms with E-state index < -0.39 is 0 Å². The first kappa shape index (κ1) is 16.5. The average Bonchev–Trinajstić information content (AvgIpc) is 2.55. The van der Waals surface area contributed by atoms with Crippen LogP contribution in [0, 0.1) is 0 Å². The van der Waals surface area contributed by atoms with E-state index in [1.807, 2.05) is 24.3 Å². The largest absolute Gasteiger partial charge is 0.504 e. The van der Waals surface area contributed by atoms with Gasteiger partial charge < -0.3 is 9.84 Å². The number of benzene rings is 2. The van der Waals surface area contributed by atoms with Crippen LogP contribution in [0.15, 0.2) is 47.6 Å². The number of phenolic OH excluding ortho intramolecular Hbond substituents is 1. The molecule has 2 rings (SSSR count). The van der Waals surface area contributed by atoms with Crippen LogP contribution < -0.4 is 10.2 Å². The van der Waals surface area contributed by atoms with E-state index in [2.05, 4.69) is 24.4 Å². The number of nitrogens with zero attached hydrogens (tertiary/aromatic N) is 1. The molecule has 0 spiro atoms. The number of hydrazone groups is 1. The average molecular weight is 312 g/mol. The number of amides is 1. The van der Waals surface area contributed by atoms with E-state index in [1.54, 1.807) is 6.21 Å². The Hall–Kier alpha value is -2.82. The Balaban J connectivity index is 2.00. The van der Waals surface area contributed by atoms with Crippen molar-refractivity contribution in [3.05, 3.63) is 59.2 Å². The molecule has 0 unspecified atom stereocenters. The number of aromatic hydroxyl groups is 1. The first-order valence-electron chi connectivity index (χ1n) is 7.31. The molecule has 0 atom stereocenters. The summed E-state index contributed by atoms with van der Waals surface area (Å²) in [5.41, 5.74) is 4.96. The highest BCUT2D eigenvalue weighted by Gasteiger charge is 2.08. The fourth-order valence-electron chi connectivity index (χ4n) is 2.02. The summed E-state index contributed by atoms with van der Waals surface area (Å²) in [7, 11) is 1.43. The number of ether oxygens (including phenoxy) is 1. The third-order valence-corrected chi connectivity index (χ3v) is 3.42. The molecular formula is C18H20N2O3. The molecule has 0 aromatic heterocycles. The van der Waals surface area contributed by atoms with Gasteiger partial charge in [0, 0.05) is 5.56 Å². The van der Waals surface area contributed by atoms with Crippen LogP contribution in [0.5, 0.6) is 11.5 Å². The molecule has 0 fully saturated rings. The summed E-state index contributed by atoms with van der Waals surface area (Å²) in [6.45, 7) is 4.27. The third-order valence-electron chi connectivity index (χ3n) is 3.42. The van der Waals surface area contributed by atoms with Crippen LogP contribution in [-0.4, -0.2) is 24.3 Å². The lowest BCUT2D eigenvalue weighted by atomic mass is 10.0. The zero-order valence-corrected chi connectivity index (χ0v) is 13.4. The van der Waals surface area contributed by atoms with Gasteiger partial charge in [0.1, 0.15) is 0 Å². The van der Waals surface area contributed by atoms with Crippen molar-refractivity contribution in [2.24, 2.45) is 5.10 Å². The van der Waals surface area contributed by atoms with Gasteiger partial charge in [-0.2, -0.15) is 5.10 Å². The number of carbonyl (C=O) groups excluding carboxylic acids is 1. The second-order valence-electron chi connectivity index (χ2n) is 5.41. The predicted molar refractivity (Wildman–Crippen MR) is 90.3 cm³/mol. The Labute approximate surface area is 135 Å². The van der Waals surface area contributed by atoms with Crippen molar-refractivity contribution >= 4 is 12.1 Å². The van der Waals surface area contributed by atoms with Crippen LogP contribution in [0.2, 0.25) is 0 Å². The molecule has 0 radical (unpaired) electrons. The van der Waals surface area contributed by atoms with Crippen LogP contribution in [0.25, 0.3) is 0 Å². The highest BCUT2D eigenvalue weighted by Crippen LogP contribution is 2.26. The van der Waals surface area contributed by atoms with Crippen molar-refractivity contribution in [2.75, 3.05) is 7.11 Å². The minimum absolute atomic E-state index is 0.0159. The molecule has 2 N–H and O–H groups in total. The minimum atomic E-state index is -0.377. The number of carbonyl (C=O) groups is 1. The van der Waals surface area contributed by atoms with Crippen molar-refractivity contribution in [2.45, 2.75) is 19.8 Å². The summed E-state index contributed by atoms with van der Waals surface area (Å²) < 4.78 is 4.97. The van der Waals surface area contributed by atoms with E-state index in [9.17, 15) is 9.90 Å². The highest BCUT2D eigenvalue weighted by molar-refractivity contribution is 5.95. The number of hydrogen-bond donors (Lipinski definition) is 2. The SMILES string of the molecule is COc1cc(C(=O)NN=Cc2ccc(C(C)C)cc2)ccc1O. The Morgan fingerprint density at radius 2 is 1.91 bits per heavy atom. The van der Waals surface area contributed by atoms with E-state index >= 15 is 0 Å². The first-order chi connectivity index (χ1) is 11.0. The predicted octanol–water partition coefficient (Wildman–Crippen LogP) is 3.29. The highest BCUT2D eigenvalue weighted by atomic mass is 16.5. The third kappa shape index (κ3) is 4.32. The quantitative estimate of drug-likeness (QED) is 0.657. The fraction of sp³-hybridized carbons (Fsp3) is 0.222. The zero-order valence-electron chi connectivity index (χ0n) is 13.4. The Bertz CT molecular complexity index is 707. The van der Waals surface area contributed by atoms with Crippen LogP contribution in [-0.2, 0) is 0 Å². The topological polar surface area (TPSA) is 70.9 Å². The van der Waals surface area contributed by atoms with Gasteiger partial charge >= 0.3 is 0 Å². The van der Waals surface area contributed by atoms with E-state index in [4.69, 9.17) is 4.74 Å². The summed E-state index contributed by atoms with van der Waals surface area (Å²) in [6, 6.07) is 12.3. The zero-order chi connectivity index (χ0) is 16.8. The maximum atomic E-state index is 12.0. The van der Waals surface area contributed by atoms with Gasteiger partial charge in [-0.05, 0) is 35.2 Å². The van der Waals surface area contributed by atoms with Crippen LogP contribution in [0.1, 0.15) is 41.3 Å². The van der Waals surface area contributed by atoms with Gasteiger partial charge in [0.25, 0.3) is 5.91 Å². The van der Waals surface area contributed by atoms with Gasteiger partial charge in [-0.25, -0.2) is 5.43 Å². The van der Waals surface area contributed by atoms with E-state index in [-0.39, 0.29) is 17.4 Å². The molecule has 0 aliphatic carbocycles. The molecule has 23 heavy (non-hydrogen) atoms. The maximum absolute atomic E-state index is 12.0. The number of rotatable bonds is 5. The monoisotopic (exact) mass is 312 g/mol. The molecule has 0 bridgehead atoms. The normalized spacial score (nSPS) is 11.0. The molecule has 0 aliphatic heterocycles. The summed E-state index contributed by atoms with van der Waals surface area (Å²) >= 11 is 0. The van der Waals surface area contributed by atoms with Crippen molar-refractivity contribution in [3.63, 3.8) is 0 Å². The fourth-order valence-corrected chi connectivity index (χ4v) is 2.02. The smallest absolute Gasteiger partial charge is 0.271 e. The van der Waals surface area contributed by atoms with Crippen LogP contribution >= 0.6 is 0 Å². The number of nitrogens with one attached hydrogen (secondary N) is 1. The van der Waals surface area contributed by atoms with Crippen molar-refractivity contribution in [1.29, 1.82) is 0 Å². The van der Waals surface area contributed by atoms with Gasteiger partial charge in [-0.15, -0.1) is 0 Å². The van der Waals surface area contributed by atoms with Gasteiger partial charge in [-0.1, -0.05) is 38.1 Å². The number of methoxy groups -OCH3 is 1. The first-order valence-corrected chi connectivity index (χ1v) is 7.31. The molecule has 2 aromatic carbocycles. The van der Waals surface area contributed by atoms with Crippen LogP contribution in [0.4, 0.5) is 0 Å². The Morgan fingerprint density at radius 3 is 2.52 bits per heavy atom. The second kappa shape index (κ2) is 7.45. The van der Waals surface area contributed by atoms with Crippen LogP contribution in [0.3, 0.4) is 0 Å². The minimum Gasteiger partial charge on any atom is -0.504 e. The number of phenols is 1. The molecule has 0 saturated heterocycles. The molecule has 0 aliphatic rings. The molecule has 0 saturated carbocycles. The summed E-state index contributed by atoms with van der Waals surface area (Å²) in [5, 5.41) is 13.5. The van der Waals surface area contributed by atoms with Crippen molar-refractivity contribution in [1.82, 2.24) is 5.43 Å². The Morgan fingerprint density at radius 1 is 1.22 bits per heavy atom. The molecule has 120 valence electrons. The van der Waals surface area contributed by atoms with Gasteiger partial charge in [0.15, 0.2) is 11.5 Å². The number of hydrogen-bond acceptors (Lipinski definition) is 4. The van der Waals surface area contributed by atoms with Gasteiger partial charge in [0.05, 0.1) is 13.3 Å². The lowest BCUT2D eigenvalue weighted by molar-refractivity contribution is 0.0955. The van der Waals surface area contributed by atoms with E-state index in [0.717, 1.165) is 5.56 Å². The standard InChI is InChI=1S/C18H20N2O3/c1-12(2)14-6-4-13(5-7-14)11-19-20-18(22)15-8-9-16(21)17(10-15)23-3/h4-12,21H,1-3H3,(H,20,22). The molecule has 5 nitrogen and oxygen atoms in total. The summed E-state index contributed by atoms with van der Waals surface area (Å²) in [6.07, 6.45) is 1.58.